The highest BCUT2D eigenvalue weighted by Gasteiger charge is 2.29. The highest BCUT2D eigenvalue weighted by atomic mass is 35.5. The van der Waals surface area contributed by atoms with Gasteiger partial charge in [0.05, 0.1) is 15.6 Å². The second kappa shape index (κ2) is 7.15. The number of nitrogens with one attached hydrogen (secondary N) is 1. The maximum Gasteiger partial charge on any atom is 0.261 e. The molecule has 1 heterocycles. The minimum Gasteiger partial charge on any atom is -0.280 e. The second-order valence-corrected chi connectivity index (χ2v) is 9.81. The Labute approximate surface area is 156 Å². The van der Waals surface area contributed by atoms with Gasteiger partial charge in [-0.2, -0.15) is 4.31 Å². The van der Waals surface area contributed by atoms with Gasteiger partial charge in [0.15, 0.2) is 0 Å². The molecule has 140 valence electrons. The van der Waals surface area contributed by atoms with Gasteiger partial charge in [-0.1, -0.05) is 11.6 Å². The van der Waals surface area contributed by atoms with Crippen molar-refractivity contribution < 1.29 is 21.2 Å². The molecule has 2 aromatic carbocycles. The Morgan fingerprint density at radius 3 is 2.19 bits per heavy atom. The highest BCUT2D eigenvalue weighted by Crippen LogP contribution is 2.30. The molecule has 0 aromatic heterocycles. The van der Waals surface area contributed by atoms with Crippen molar-refractivity contribution >= 4 is 37.3 Å². The molecule has 1 saturated heterocycles. The molecule has 10 heteroatoms. The molecule has 0 aliphatic carbocycles. The van der Waals surface area contributed by atoms with Crippen molar-refractivity contribution in [1.82, 2.24) is 4.31 Å². The Hall–Kier alpha value is -1.68. The molecule has 0 radical (unpaired) electrons. The van der Waals surface area contributed by atoms with Crippen LogP contribution in [0.5, 0.6) is 0 Å². The smallest absolute Gasteiger partial charge is 0.261 e. The molecule has 26 heavy (non-hydrogen) atoms. The summed E-state index contributed by atoms with van der Waals surface area (Å²) >= 11 is 6.04. The number of halogens is 2. The van der Waals surface area contributed by atoms with Gasteiger partial charge in [-0.25, -0.2) is 21.2 Å². The van der Waals surface area contributed by atoms with E-state index >= 15 is 0 Å². The largest absolute Gasteiger partial charge is 0.280 e. The summed E-state index contributed by atoms with van der Waals surface area (Å²) in [6.45, 7) is 0.814. The number of sulfonamides is 2. The van der Waals surface area contributed by atoms with Gasteiger partial charge < -0.3 is 0 Å². The zero-order valence-electron chi connectivity index (χ0n) is 13.5. The average Bonchev–Trinajstić information content (AvgIpc) is 3.12. The van der Waals surface area contributed by atoms with Gasteiger partial charge in [0.25, 0.3) is 10.0 Å². The predicted molar refractivity (Wildman–Crippen MR) is 96.7 cm³/mol. The van der Waals surface area contributed by atoms with Crippen molar-refractivity contribution in [2.45, 2.75) is 22.6 Å². The van der Waals surface area contributed by atoms with Crippen LogP contribution in [0, 0.1) is 5.82 Å². The maximum atomic E-state index is 13.0. The number of anilines is 1. The molecule has 1 fully saturated rings. The van der Waals surface area contributed by atoms with Crippen LogP contribution in [-0.2, 0) is 20.0 Å². The Morgan fingerprint density at radius 2 is 1.58 bits per heavy atom. The van der Waals surface area contributed by atoms with Crippen LogP contribution >= 0.6 is 11.6 Å². The molecular weight excluding hydrogens is 403 g/mol. The fourth-order valence-electron chi connectivity index (χ4n) is 2.66. The van der Waals surface area contributed by atoms with Crippen LogP contribution in [0.15, 0.2) is 52.3 Å². The lowest BCUT2D eigenvalue weighted by molar-refractivity contribution is 0.477. The van der Waals surface area contributed by atoms with Crippen LogP contribution in [0.1, 0.15) is 12.8 Å². The Morgan fingerprint density at radius 1 is 0.962 bits per heavy atom. The Bertz CT molecular complexity index is 1020. The molecule has 3 rings (SSSR count). The van der Waals surface area contributed by atoms with Crippen molar-refractivity contribution in [2.75, 3.05) is 17.8 Å². The van der Waals surface area contributed by atoms with Crippen LogP contribution in [0.4, 0.5) is 10.1 Å². The molecule has 0 unspecified atom stereocenters. The van der Waals surface area contributed by atoms with Crippen molar-refractivity contribution in [1.29, 1.82) is 0 Å². The monoisotopic (exact) mass is 418 g/mol. The van der Waals surface area contributed by atoms with Crippen molar-refractivity contribution in [2.24, 2.45) is 0 Å². The van der Waals surface area contributed by atoms with Crippen LogP contribution in [0.2, 0.25) is 5.02 Å². The number of rotatable bonds is 5. The predicted octanol–water partition coefficient (Wildman–Crippen LogP) is 3.06. The second-order valence-electron chi connectivity index (χ2n) is 5.82. The van der Waals surface area contributed by atoms with E-state index in [0.29, 0.717) is 13.1 Å². The molecule has 6 nitrogen and oxygen atoms in total. The van der Waals surface area contributed by atoms with E-state index in [-0.39, 0.29) is 20.5 Å². The lowest BCUT2D eigenvalue weighted by atomic mass is 10.3. The lowest BCUT2D eigenvalue weighted by Gasteiger charge is -2.17. The van der Waals surface area contributed by atoms with Gasteiger partial charge in [-0.15, -0.1) is 0 Å². The molecular formula is C16H16ClFN2O4S2. The van der Waals surface area contributed by atoms with Crippen LogP contribution < -0.4 is 4.72 Å². The average molecular weight is 419 g/mol. The van der Waals surface area contributed by atoms with E-state index in [1.165, 1.54) is 22.5 Å². The molecule has 2 aromatic rings. The summed E-state index contributed by atoms with van der Waals surface area (Å²) < 4.78 is 66.8. The summed E-state index contributed by atoms with van der Waals surface area (Å²) in [5.41, 5.74) is 0.0523. The quantitative estimate of drug-likeness (QED) is 0.808. The minimum absolute atomic E-state index is 0.0154. The summed E-state index contributed by atoms with van der Waals surface area (Å²) in [7, 11) is -7.79. The maximum absolute atomic E-state index is 13.0. The first-order chi connectivity index (χ1) is 12.2. The molecule has 0 amide bonds. The highest BCUT2D eigenvalue weighted by molar-refractivity contribution is 7.92. The van der Waals surface area contributed by atoms with Gasteiger partial charge in [0.1, 0.15) is 10.7 Å². The van der Waals surface area contributed by atoms with Gasteiger partial charge in [-0.3, -0.25) is 4.72 Å². The number of hydrogen-bond donors (Lipinski definition) is 1. The lowest BCUT2D eigenvalue weighted by Crippen LogP contribution is -2.28. The first-order valence-corrected chi connectivity index (χ1v) is 11.1. The topological polar surface area (TPSA) is 83.5 Å². The van der Waals surface area contributed by atoms with Crippen molar-refractivity contribution in [3.8, 4) is 0 Å². The summed E-state index contributed by atoms with van der Waals surface area (Å²) in [6, 6.07) is 8.18. The molecule has 0 atom stereocenters. The third kappa shape index (κ3) is 3.85. The summed E-state index contributed by atoms with van der Waals surface area (Å²) in [5, 5.41) is 0.0154. The van der Waals surface area contributed by atoms with E-state index in [0.717, 1.165) is 37.1 Å². The minimum atomic E-state index is -3.99. The van der Waals surface area contributed by atoms with Crippen LogP contribution in [-0.4, -0.2) is 34.2 Å². The molecule has 1 N–H and O–H groups in total. The molecule has 0 bridgehead atoms. The van der Waals surface area contributed by atoms with E-state index in [9.17, 15) is 21.2 Å². The van der Waals surface area contributed by atoms with E-state index in [1.807, 2.05) is 0 Å². The molecule has 0 saturated carbocycles. The summed E-state index contributed by atoms with van der Waals surface area (Å²) in [4.78, 5) is -0.293. The van der Waals surface area contributed by atoms with Crippen LogP contribution in [0.25, 0.3) is 0 Å². The van der Waals surface area contributed by atoms with E-state index in [1.54, 1.807) is 0 Å². The fourth-order valence-corrected chi connectivity index (χ4v) is 5.73. The molecule has 1 aliphatic heterocycles. The van der Waals surface area contributed by atoms with Gasteiger partial charge >= 0.3 is 0 Å². The Balaban J connectivity index is 1.94. The van der Waals surface area contributed by atoms with Crippen molar-refractivity contribution in [3.05, 3.63) is 53.3 Å². The number of nitrogens with zero attached hydrogens (tertiary/aromatic N) is 1. The SMILES string of the molecule is O=S(=O)(Nc1ccc(Cl)c(S(=O)(=O)N2CCCC2)c1)c1ccc(F)cc1. The zero-order valence-corrected chi connectivity index (χ0v) is 15.9. The van der Waals surface area contributed by atoms with Crippen molar-refractivity contribution in [3.63, 3.8) is 0 Å². The fraction of sp³-hybridized carbons (Fsp3) is 0.250. The van der Waals surface area contributed by atoms with E-state index < -0.39 is 25.9 Å². The number of benzene rings is 2. The standard InChI is InChI=1S/C16H16ClFN2O4S2/c17-15-8-5-13(11-16(15)26(23,24)20-9-1-2-10-20)19-25(21,22)14-6-3-12(18)4-7-14/h3-8,11,19H,1-2,9-10H2. The summed E-state index contributed by atoms with van der Waals surface area (Å²) in [5.74, 6) is -0.561. The summed E-state index contributed by atoms with van der Waals surface area (Å²) in [6.07, 6.45) is 1.54. The third-order valence-corrected chi connectivity index (χ3v) is 7.77. The van der Waals surface area contributed by atoms with Gasteiger partial charge in [0.2, 0.25) is 10.0 Å². The first kappa shape index (κ1) is 19.1. The molecule has 0 spiro atoms. The van der Waals surface area contributed by atoms with Crippen LogP contribution in [0.3, 0.4) is 0 Å². The van der Waals surface area contributed by atoms with Gasteiger partial charge in [-0.05, 0) is 55.3 Å². The zero-order chi connectivity index (χ0) is 18.9. The molecule has 1 aliphatic rings. The first-order valence-electron chi connectivity index (χ1n) is 7.78. The number of hydrogen-bond acceptors (Lipinski definition) is 4. The van der Waals surface area contributed by atoms with E-state index in [4.69, 9.17) is 11.6 Å². The van der Waals surface area contributed by atoms with E-state index in [2.05, 4.69) is 4.72 Å². The van der Waals surface area contributed by atoms with Gasteiger partial charge in [0, 0.05) is 13.1 Å². The Kier molecular flexibility index (Phi) is 5.25. The third-order valence-electron chi connectivity index (χ3n) is 3.99. The normalized spacial score (nSPS) is 15.9.